The Morgan fingerprint density at radius 1 is 0.568 bits per heavy atom. The molecule has 0 saturated carbocycles. The van der Waals surface area contributed by atoms with E-state index in [0.29, 0.717) is 0 Å². The maximum absolute atomic E-state index is 5.39. The Morgan fingerprint density at radius 3 is 2.05 bits per heavy atom. The van der Waals surface area contributed by atoms with E-state index in [-0.39, 0.29) is 5.41 Å². The molecule has 1 aliphatic carbocycles. The van der Waals surface area contributed by atoms with Gasteiger partial charge in [0.1, 0.15) is 0 Å². The minimum atomic E-state index is -0.177. The summed E-state index contributed by atoms with van der Waals surface area (Å²) in [7, 11) is 0. The summed E-state index contributed by atoms with van der Waals surface area (Å²) in [5.74, 6) is 0.738. The van der Waals surface area contributed by atoms with Gasteiger partial charge in [0, 0.05) is 38.4 Å². The van der Waals surface area contributed by atoms with Crippen LogP contribution in [-0.4, -0.2) is 14.5 Å². The lowest BCUT2D eigenvalue weighted by atomic mass is 9.81. The number of benzene rings is 6. The highest BCUT2D eigenvalue weighted by Gasteiger charge is 2.39. The third-order valence-electron chi connectivity index (χ3n) is 9.39. The van der Waals surface area contributed by atoms with E-state index < -0.39 is 0 Å². The van der Waals surface area contributed by atoms with Crippen LogP contribution in [0.4, 0.5) is 0 Å². The van der Waals surface area contributed by atoms with Crippen molar-refractivity contribution in [3.05, 3.63) is 151 Å². The first-order chi connectivity index (χ1) is 21.6. The fourth-order valence-electron chi connectivity index (χ4n) is 7.36. The molecule has 8 aromatic rings. The van der Waals surface area contributed by atoms with Gasteiger partial charge in [-0.05, 0) is 52.6 Å². The summed E-state index contributed by atoms with van der Waals surface area (Å²) in [5.41, 5.74) is 12.6. The number of rotatable bonds is 3. The van der Waals surface area contributed by atoms with Crippen LogP contribution in [0, 0.1) is 0 Å². The number of aromatic nitrogens is 3. The zero-order chi connectivity index (χ0) is 29.4. The highest BCUT2D eigenvalue weighted by atomic mass is 15.0. The van der Waals surface area contributed by atoms with E-state index in [0.717, 1.165) is 44.8 Å². The standard InChI is InChI=1S/C41H29N3/c1-41(2)32-22-12-9-19-28(32)36-33(41)25-31(39-37(36)30-21-11-14-24-35(30)44(39)27-17-7-4-8-18-27)40-42-34-23-13-10-20-29(34)38(43-40)26-15-5-3-6-16-26/h3-25H,1-2H3. The van der Waals surface area contributed by atoms with Gasteiger partial charge in [0.15, 0.2) is 5.82 Å². The van der Waals surface area contributed by atoms with Crippen LogP contribution in [-0.2, 0) is 5.41 Å². The molecule has 208 valence electrons. The zero-order valence-corrected chi connectivity index (χ0v) is 24.6. The van der Waals surface area contributed by atoms with Gasteiger partial charge in [0.05, 0.1) is 22.2 Å². The molecule has 9 rings (SSSR count). The Bertz CT molecular complexity index is 2400. The van der Waals surface area contributed by atoms with Crippen molar-refractivity contribution >= 4 is 32.7 Å². The normalized spacial score (nSPS) is 13.4. The quantitative estimate of drug-likeness (QED) is 0.214. The van der Waals surface area contributed by atoms with Gasteiger partial charge < -0.3 is 4.57 Å². The Kier molecular flexibility index (Phi) is 5.24. The van der Waals surface area contributed by atoms with E-state index in [9.17, 15) is 0 Å². The predicted molar refractivity (Wildman–Crippen MR) is 182 cm³/mol. The largest absolute Gasteiger partial charge is 0.308 e. The lowest BCUT2D eigenvalue weighted by molar-refractivity contribution is 0.661. The second kappa shape index (κ2) is 9.23. The number of fused-ring (bicyclic) bond motifs is 8. The molecule has 3 nitrogen and oxygen atoms in total. The van der Waals surface area contributed by atoms with Gasteiger partial charge in [0.25, 0.3) is 0 Å². The van der Waals surface area contributed by atoms with Crippen LogP contribution in [0.5, 0.6) is 0 Å². The molecule has 0 radical (unpaired) electrons. The van der Waals surface area contributed by atoms with Crippen molar-refractivity contribution in [2.75, 3.05) is 0 Å². The van der Waals surface area contributed by atoms with Crippen molar-refractivity contribution in [3.8, 4) is 39.5 Å². The van der Waals surface area contributed by atoms with Crippen LogP contribution in [0.3, 0.4) is 0 Å². The van der Waals surface area contributed by atoms with E-state index in [4.69, 9.17) is 9.97 Å². The average molecular weight is 564 g/mol. The minimum Gasteiger partial charge on any atom is -0.308 e. The minimum absolute atomic E-state index is 0.177. The van der Waals surface area contributed by atoms with Crippen molar-refractivity contribution in [1.29, 1.82) is 0 Å². The second-order valence-corrected chi connectivity index (χ2v) is 12.2. The van der Waals surface area contributed by atoms with Crippen LogP contribution in [0.1, 0.15) is 25.0 Å². The highest BCUT2D eigenvalue weighted by molar-refractivity contribution is 6.21. The van der Waals surface area contributed by atoms with Gasteiger partial charge in [0.2, 0.25) is 0 Å². The van der Waals surface area contributed by atoms with E-state index in [1.165, 1.54) is 38.5 Å². The van der Waals surface area contributed by atoms with Crippen molar-refractivity contribution in [1.82, 2.24) is 14.5 Å². The molecule has 0 saturated heterocycles. The van der Waals surface area contributed by atoms with Crippen LogP contribution < -0.4 is 0 Å². The molecule has 0 unspecified atom stereocenters. The Hall–Kier alpha value is -5.54. The van der Waals surface area contributed by atoms with E-state index in [1.54, 1.807) is 0 Å². The van der Waals surface area contributed by atoms with Crippen LogP contribution in [0.15, 0.2) is 140 Å². The lowest BCUT2D eigenvalue weighted by Gasteiger charge is -2.23. The molecular formula is C41H29N3. The van der Waals surface area contributed by atoms with Gasteiger partial charge in [-0.2, -0.15) is 0 Å². The summed E-state index contributed by atoms with van der Waals surface area (Å²) >= 11 is 0. The molecule has 0 fully saturated rings. The Morgan fingerprint density at radius 2 is 1.23 bits per heavy atom. The van der Waals surface area contributed by atoms with Crippen molar-refractivity contribution in [2.24, 2.45) is 0 Å². The summed E-state index contributed by atoms with van der Waals surface area (Å²) < 4.78 is 2.41. The molecule has 3 heteroatoms. The van der Waals surface area contributed by atoms with Crippen LogP contribution in [0.25, 0.3) is 72.2 Å². The predicted octanol–water partition coefficient (Wildman–Crippen LogP) is 10.4. The molecule has 0 N–H and O–H groups in total. The summed E-state index contributed by atoms with van der Waals surface area (Å²) in [6.45, 7) is 4.70. The molecular weight excluding hydrogens is 534 g/mol. The molecule has 0 aliphatic heterocycles. The zero-order valence-electron chi connectivity index (χ0n) is 24.6. The number of para-hydroxylation sites is 3. The first-order valence-corrected chi connectivity index (χ1v) is 15.2. The molecule has 0 bridgehead atoms. The third kappa shape index (κ3) is 3.44. The van der Waals surface area contributed by atoms with Crippen molar-refractivity contribution in [3.63, 3.8) is 0 Å². The fourth-order valence-corrected chi connectivity index (χ4v) is 7.36. The van der Waals surface area contributed by atoms with Gasteiger partial charge in [-0.25, -0.2) is 9.97 Å². The first kappa shape index (κ1) is 25.0. The van der Waals surface area contributed by atoms with E-state index in [2.05, 4.69) is 158 Å². The monoisotopic (exact) mass is 563 g/mol. The number of hydrogen-bond donors (Lipinski definition) is 0. The van der Waals surface area contributed by atoms with Crippen molar-refractivity contribution < 1.29 is 0 Å². The molecule has 44 heavy (non-hydrogen) atoms. The molecule has 0 spiro atoms. The Balaban J connectivity index is 1.50. The van der Waals surface area contributed by atoms with Crippen LogP contribution >= 0.6 is 0 Å². The Labute approximate surface area is 256 Å². The maximum atomic E-state index is 5.39. The fraction of sp³-hybridized carbons (Fsp3) is 0.0732. The lowest BCUT2D eigenvalue weighted by Crippen LogP contribution is -2.15. The van der Waals surface area contributed by atoms with Gasteiger partial charge >= 0.3 is 0 Å². The number of hydrogen-bond acceptors (Lipinski definition) is 2. The van der Waals surface area contributed by atoms with E-state index >= 15 is 0 Å². The third-order valence-corrected chi connectivity index (χ3v) is 9.39. The molecule has 2 aromatic heterocycles. The SMILES string of the molecule is CC1(C)c2ccccc2-c2c1cc(-c1nc(-c3ccccc3)c3ccccc3n1)c1c2c2ccccc2n1-c1ccccc1. The van der Waals surface area contributed by atoms with Crippen molar-refractivity contribution in [2.45, 2.75) is 19.3 Å². The average Bonchev–Trinajstić information content (AvgIpc) is 3.54. The molecule has 2 heterocycles. The molecule has 0 amide bonds. The first-order valence-electron chi connectivity index (χ1n) is 15.2. The maximum Gasteiger partial charge on any atom is 0.162 e. The molecule has 0 atom stereocenters. The summed E-state index contributed by atoms with van der Waals surface area (Å²) in [4.78, 5) is 10.7. The molecule has 6 aromatic carbocycles. The van der Waals surface area contributed by atoms with E-state index in [1.807, 2.05) is 0 Å². The molecule has 1 aliphatic rings. The summed E-state index contributed by atoms with van der Waals surface area (Å²) in [5, 5.41) is 3.55. The summed E-state index contributed by atoms with van der Waals surface area (Å²) in [6, 6.07) is 49.6. The summed E-state index contributed by atoms with van der Waals surface area (Å²) in [6.07, 6.45) is 0. The van der Waals surface area contributed by atoms with Gasteiger partial charge in [-0.15, -0.1) is 0 Å². The van der Waals surface area contributed by atoms with Crippen LogP contribution in [0.2, 0.25) is 0 Å². The van der Waals surface area contributed by atoms with Gasteiger partial charge in [-0.3, -0.25) is 0 Å². The van der Waals surface area contributed by atoms with Gasteiger partial charge in [-0.1, -0.05) is 123 Å². The number of nitrogens with zero attached hydrogens (tertiary/aromatic N) is 3. The second-order valence-electron chi connectivity index (χ2n) is 12.2. The smallest absolute Gasteiger partial charge is 0.162 e. The topological polar surface area (TPSA) is 30.7 Å². The highest BCUT2D eigenvalue weighted by Crippen LogP contribution is 2.55.